The Morgan fingerprint density at radius 3 is 2.78 bits per heavy atom. The molecule has 0 saturated heterocycles. The Kier molecular flexibility index (Phi) is 5.23. The van der Waals surface area contributed by atoms with Gasteiger partial charge in [0, 0.05) is 23.5 Å². The van der Waals surface area contributed by atoms with Crippen molar-refractivity contribution in [3.05, 3.63) is 54.7 Å². The van der Waals surface area contributed by atoms with Crippen molar-refractivity contribution in [2.45, 2.75) is 32.1 Å². The number of fused-ring (bicyclic) bond motifs is 1. The average molecular weight is 362 g/mol. The standard InChI is InChI=1S/C21H22N4O2/c26-20(19-9-10-22-14-24-19)25-17-6-7-18-16(12-17)8-11-23-21(18)27-13-15-4-2-1-3-5-15/h6-12,14-15H,1-5,13H2,(H,25,26). The Balaban J connectivity index is 1.48. The highest BCUT2D eigenvalue weighted by Crippen LogP contribution is 2.28. The molecule has 27 heavy (non-hydrogen) atoms. The first-order chi connectivity index (χ1) is 13.3. The van der Waals surface area contributed by atoms with Crippen molar-refractivity contribution in [3.63, 3.8) is 0 Å². The Bertz CT molecular complexity index is 924. The highest BCUT2D eigenvalue weighted by atomic mass is 16.5. The molecule has 0 unspecified atom stereocenters. The van der Waals surface area contributed by atoms with E-state index in [2.05, 4.69) is 20.3 Å². The van der Waals surface area contributed by atoms with Gasteiger partial charge in [-0.1, -0.05) is 19.3 Å². The van der Waals surface area contributed by atoms with Gasteiger partial charge in [-0.3, -0.25) is 4.79 Å². The summed E-state index contributed by atoms with van der Waals surface area (Å²) in [5, 5.41) is 4.79. The molecule has 6 nitrogen and oxygen atoms in total. The number of pyridine rings is 1. The number of hydrogen-bond donors (Lipinski definition) is 1. The second-order valence-corrected chi connectivity index (χ2v) is 6.92. The predicted octanol–water partition coefficient (Wildman–Crippen LogP) is 4.24. The number of amides is 1. The largest absolute Gasteiger partial charge is 0.477 e. The Hall–Kier alpha value is -3.02. The van der Waals surface area contributed by atoms with E-state index in [9.17, 15) is 4.79 Å². The van der Waals surface area contributed by atoms with E-state index >= 15 is 0 Å². The molecule has 0 atom stereocenters. The number of nitrogens with one attached hydrogen (secondary N) is 1. The summed E-state index contributed by atoms with van der Waals surface area (Å²) in [4.78, 5) is 24.5. The van der Waals surface area contributed by atoms with E-state index in [-0.39, 0.29) is 5.91 Å². The van der Waals surface area contributed by atoms with Gasteiger partial charge in [-0.2, -0.15) is 0 Å². The number of nitrogens with zero attached hydrogens (tertiary/aromatic N) is 3. The van der Waals surface area contributed by atoms with Crippen molar-refractivity contribution >= 4 is 22.4 Å². The van der Waals surface area contributed by atoms with Crippen LogP contribution in [0.15, 0.2) is 49.1 Å². The number of rotatable bonds is 5. The van der Waals surface area contributed by atoms with Crippen LogP contribution in [0.2, 0.25) is 0 Å². The van der Waals surface area contributed by atoms with Gasteiger partial charge in [0.15, 0.2) is 0 Å². The number of carbonyl (C=O) groups excluding carboxylic acids is 1. The van der Waals surface area contributed by atoms with Crippen LogP contribution in [-0.4, -0.2) is 27.5 Å². The molecule has 1 amide bonds. The highest BCUT2D eigenvalue weighted by Gasteiger charge is 2.15. The molecular formula is C21H22N4O2. The zero-order valence-corrected chi connectivity index (χ0v) is 15.1. The maximum Gasteiger partial charge on any atom is 0.274 e. The molecule has 0 aliphatic heterocycles. The first kappa shape index (κ1) is 17.4. The second kappa shape index (κ2) is 8.12. The number of aromatic nitrogens is 3. The molecule has 1 aliphatic carbocycles. The molecule has 1 aliphatic rings. The molecule has 1 N–H and O–H groups in total. The van der Waals surface area contributed by atoms with E-state index in [0.717, 1.165) is 17.4 Å². The summed E-state index contributed by atoms with van der Waals surface area (Å²) < 4.78 is 6.03. The van der Waals surface area contributed by atoms with Gasteiger partial charge < -0.3 is 10.1 Å². The SMILES string of the molecule is O=C(Nc1ccc2c(OCC3CCCCC3)nccc2c1)c1ccncn1. The lowest BCUT2D eigenvalue weighted by Crippen LogP contribution is -2.15. The lowest BCUT2D eigenvalue weighted by molar-refractivity contribution is 0.102. The van der Waals surface area contributed by atoms with Crippen LogP contribution < -0.4 is 10.1 Å². The molecule has 1 fully saturated rings. The number of benzene rings is 1. The first-order valence-corrected chi connectivity index (χ1v) is 9.38. The molecular weight excluding hydrogens is 340 g/mol. The molecule has 1 aromatic carbocycles. The Labute approximate surface area is 158 Å². The fraction of sp³-hybridized carbons (Fsp3) is 0.333. The quantitative estimate of drug-likeness (QED) is 0.735. The van der Waals surface area contributed by atoms with Crippen LogP contribution in [0.3, 0.4) is 0 Å². The van der Waals surface area contributed by atoms with Gasteiger partial charge in [-0.15, -0.1) is 0 Å². The van der Waals surface area contributed by atoms with E-state index in [1.807, 2.05) is 24.3 Å². The van der Waals surface area contributed by atoms with Crippen molar-refractivity contribution in [1.82, 2.24) is 15.0 Å². The minimum atomic E-state index is -0.264. The van der Waals surface area contributed by atoms with E-state index in [4.69, 9.17) is 4.74 Å². The summed E-state index contributed by atoms with van der Waals surface area (Å²) in [6.45, 7) is 0.721. The van der Waals surface area contributed by atoms with Gasteiger partial charge in [0.2, 0.25) is 5.88 Å². The van der Waals surface area contributed by atoms with Gasteiger partial charge in [0.25, 0.3) is 5.91 Å². The topological polar surface area (TPSA) is 77.0 Å². The number of anilines is 1. The molecule has 0 bridgehead atoms. The molecule has 0 radical (unpaired) electrons. The van der Waals surface area contributed by atoms with E-state index in [1.165, 1.54) is 38.4 Å². The van der Waals surface area contributed by atoms with E-state index in [1.54, 1.807) is 18.5 Å². The lowest BCUT2D eigenvalue weighted by Gasteiger charge is -2.21. The van der Waals surface area contributed by atoms with Gasteiger partial charge in [0.1, 0.15) is 12.0 Å². The normalized spacial score (nSPS) is 14.8. The molecule has 0 spiro atoms. The van der Waals surface area contributed by atoms with Gasteiger partial charge in [-0.25, -0.2) is 15.0 Å². The number of carbonyl (C=O) groups is 1. The Morgan fingerprint density at radius 2 is 1.96 bits per heavy atom. The number of ether oxygens (including phenoxy) is 1. The second-order valence-electron chi connectivity index (χ2n) is 6.92. The highest BCUT2D eigenvalue weighted by molar-refractivity contribution is 6.04. The molecule has 6 heteroatoms. The first-order valence-electron chi connectivity index (χ1n) is 9.38. The van der Waals surface area contributed by atoms with Crippen LogP contribution in [0.4, 0.5) is 5.69 Å². The summed E-state index contributed by atoms with van der Waals surface area (Å²) >= 11 is 0. The maximum atomic E-state index is 12.3. The van der Waals surface area contributed by atoms with Crippen molar-refractivity contribution in [2.75, 3.05) is 11.9 Å². The van der Waals surface area contributed by atoms with Crippen LogP contribution in [-0.2, 0) is 0 Å². The van der Waals surface area contributed by atoms with E-state index < -0.39 is 0 Å². The van der Waals surface area contributed by atoms with Crippen molar-refractivity contribution < 1.29 is 9.53 Å². The molecule has 2 heterocycles. The monoisotopic (exact) mass is 362 g/mol. The van der Waals surface area contributed by atoms with Crippen molar-refractivity contribution in [3.8, 4) is 5.88 Å². The number of hydrogen-bond acceptors (Lipinski definition) is 5. The lowest BCUT2D eigenvalue weighted by atomic mass is 9.90. The fourth-order valence-corrected chi connectivity index (χ4v) is 3.51. The summed E-state index contributed by atoms with van der Waals surface area (Å²) in [6, 6.07) is 9.22. The van der Waals surface area contributed by atoms with Crippen LogP contribution >= 0.6 is 0 Å². The smallest absolute Gasteiger partial charge is 0.274 e. The summed E-state index contributed by atoms with van der Waals surface area (Å²) in [7, 11) is 0. The van der Waals surface area contributed by atoms with Crippen LogP contribution in [0, 0.1) is 5.92 Å². The fourth-order valence-electron chi connectivity index (χ4n) is 3.51. The van der Waals surface area contributed by atoms with Gasteiger partial charge >= 0.3 is 0 Å². The zero-order valence-electron chi connectivity index (χ0n) is 15.1. The molecule has 2 aromatic heterocycles. The maximum absolute atomic E-state index is 12.3. The van der Waals surface area contributed by atoms with Crippen molar-refractivity contribution in [1.29, 1.82) is 0 Å². The zero-order chi connectivity index (χ0) is 18.5. The van der Waals surface area contributed by atoms with Crippen molar-refractivity contribution in [2.24, 2.45) is 5.92 Å². The molecule has 4 rings (SSSR count). The van der Waals surface area contributed by atoms with Crippen LogP contribution in [0.25, 0.3) is 10.8 Å². The minimum absolute atomic E-state index is 0.264. The molecule has 138 valence electrons. The van der Waals surface area contributed by atoms with Gasteiger partial charge in [0.05, 0.1) is 6.61 Å². The third kappa shape index (κ3) is 4.22. The third-order valence-corrected chi connectivity index (χ3v) is 4.98. The third-order valence-electron chi connectivity index (χ3n) is 4.98. The summed E-state index contributed by atoms with van der Waals surface area (Å²) in [5.41, 5.74) is 1.03. The van der Waals surface area contributed by atoms with Gasteiger partial charge in [-0.05, 0) is 54.5 Å². The average Bonchev–Trinajstić information content (AvgIpc) is 2.73. The predicted molar refractivity (Wildman–Crippen MR) is 104 cm³/mol. The summed E-state index contributed by atoms with van der Waals surface area (Å²) in [5.74, 6) is 1.02. The molecule has 1 saturated carbocycles. The Morgan fingerprint density at radius 1 is 1.07 bits per heavy atom. The summed E-state index contributed by atoms with van der Waals surface area (Å²) in [6.07, 6.45) is 11.1. The van der Waals surface area contributed by atoms with Crippen LogP contribution in [0.5, 0.6) is 5.88 Å². The van der Waals surface area contributed by atoms with E-state index in [0.29, 0.717) is 23.2 Å². The minimum Gasteiger partial charge on any atom is -0.477 e. The molecule has 3 aromatic rings. The van der Waals surface area contributed by atoms with Crippen LogP contribution in [0.1, 0.15) is 42.6 Å².